The van der Waals surface area contributed by atoms with Crippen LogP contribution in [0, 0.1) is 11.8 Å². The summed E-state index contributed by atoms with van der Waals surface area (Å²) < 4.78 is 29.2. The van der Waals surface area contributed by atoms with Gasteiger partial charge in [-0.1, -0.05) is 72.7 Å². The molecule has 0 amide bonds. The number of nitrogens with zero attached hydrogens (tertiary/aromatic N) is 2. The van der Waals surface area contributed by atoms with Crippen LogP contribution < -0.4 is 20.1 Å². The Morgan fingerprint density at radius 2 is 1.91 bits per heavy atom. The third kappa shape index (κ3) is 13.1. The number of primary sulfonamides is 1. The molecule has 6 atom stereocenters. The number of hydrogen-bond donors (Lipinski definition) is 4. The number of rotatable bonds is 10. The Kier molecular flexibility index (Phi) is 19.1. The molecule has 2 aromatic rings. The number of anilines is 1. The molecule has 1 spiro atoms. The van der Waals surface area contributed by atoms with Crippen LogP contribution >= 0.6 is 34.2 Å². The van der Waals surface area contributed by atoms with Gasteiger partial charge in [0.1, 0.15) is 5.75 Å². The van der Waals surface area contributed by atoms with E-state index in [-0.39, 0.29) is 16.9 Å². The van der Waals surface area contributed by atoms with Crippen LogP contribution in [0.5, 0.6) is 5.75 Å². The number of aliphatic hydroxyl groups is 1. The minimum Gasteiger partial charge on any atom is -0.490 e. The van der Waals surface area contributed by atoms with Gasteiger partial charge in [-0.15, -0.1) is 13.2 Å². The number of ether oxygens (including phenoxy) is 1. The average Bonchev–Trinajstić information content (AvgIpc) is 3.33. The molecule has 57 heavy (non-hydrogen) atoms. The summed E-state index contributed by atoms with van der Waals surface area (Å²) in [5.74, 6) is 0.282. The first kappa shape index (κ1) is 47.5. The molecule has 5 N–H and O–H groups in total. The molecule has 3 heterocycles. The van der Waals surface area contributed by atoms with Crippen molar-refractivity contribution in [2.45, 2.75) is 107 Å². The zero-order chi connectivity index (χ0) is 41.6. The number of aliphatic hydroxyl groups excluding tert-OH is 1. The van der Waals surface area contributed by atoms with Gasteiger partial charge in [-0.25, -0.2) is 18.4 Å². The van der Waals surface area contributed by atoms with Crippen LogP contribution in [-0.2, 0) is 21.9 Å². The molecule has 1 saturated carbocycles. The fraction of sp³-hybridized carbons (Fsp3) is 0.614. The van der Waals surface area contributed by atoms with Crippen LogP contribution in [0.2, 0.25) is 5.02 Å². The first-order valence-corrected chi connectivity index (χ1v) is 24.3. The van der Waals surface area contributed by atoms with E-state index in [0.29, 0.717) is 31.8 Å². The standard InChI is InChI=1S/C27H30ClNO4.C8H16N2.C7H15NO2S.C2H5I/c1-2-24(30)21-8-5-19(21)14-29-15-27(11-3-4-17-12-20(28)7-9-22(17)27)16-33-25-10-6-18(26(31)32)13-23(25)29;1-2-5-10-6-4-9-7-8(10)3-1;1-3-5-6-7(4-2)11(8,9)10;1-2-3/h2,6-7,9-10,12-13,19,21,24,30H,1,3-5,8,11,14-16H2,(H,31,32);8-9H,1-7H2;3,7H,1,4-6H2,2H3,(H2,8,9,10);2H2,1H3/t19-,21+,24-,27-;8-;7-;/m011./s1. The first-order valence-electron chi connectivity index (χ1n) is 20.8. The largest absolute Gasteiger partial charge is 0.490 e. The van der Waals surface area contributed by atoms with Crippen molar-refractivity contribution in [3.63, 3.8) is 0 Å². The van der Waals surface area contributed by atoms with Gasteiger partial charge in [-0.3, -0.25) is 4.90 Å². The number of nitrogens with one attached hydrogen (secondary N) is 1. The lowest BCUT2D eigenvalue weighted by Crippen LogP contribution is -2.53. The number of aromatic carboxylic acids is 1. The molecule has 0 aromatic heterocycles. The topological polar surface area (TPSA) is 145 Å². The average molecular weight is 941 g/mol. The summed E-state index contributed by atoms with van der Waals surface area (Å²) in [6, 6.07) is 12.2. The molecule has 2 aromatic carbocycles. The van der Waals surface area contributed by atoms with Crippen molar-refractivity contribution >= 4 is 55.9 Å². The summed E-state index contributed by atoms with van der Waals surface area (Å²) in [5, 5.41) is 28.8. The Morgan fingerprint density at radius 1 is 1.14 bits per heavy atom. The zero-order valence-corrected chi connectivity index (χ0v) is 37.7. The summed E-state index contributed by atoms with van der Waals surface area (Å²) in [4.78, 5) is 16.7. The van der Waals surface area contributed by atoms with Crippen LogP contribution in [-0.4, -0.2) is 97.2 Å². The van der Waals surface area contributed by atoms with Crippen molar-refractivity contribution in [1.29, 1.82) is 0 Å². The van der Waals surface area contributed by atoms with Crippen molar-refractivity contribution in [1.82, 2.24) is 10.2 Å². The Morgan fingerprint density at radius 3 is 2.54 bits per heavy atom. The molecule has 318 valence electrons. The number of alkyl halides is 1. The number of aryl methyl sites for hydroxylation is 1. The molecular formula is C44H66ClIN4O6S. The summed E-state index contributed by atoms with van der Waals surface area (Å²) in [5.41, 5.74) is 3.44. The quantitative estimate of drug-likeness (QED) is 0.106. The Hall–Kier alpha value is -2.20. The van der Waals surface area contributed by atoms with E-state index < -0.39 is 27.3 Å². The zero-order valence-electron chi connectivity index (χ0n) is 34.0. The highest BCUT2D eigenvalue weighted by Crippen LogP contribution is 2.46. The van der Waals surface area contributed by atoms with Crippen LogP contribution in [0.15, 0.2) is 61.7 Å². The molecule has 7 rings (SSSR count). The van der Waals surface area contributed by atoms with Crippen molar-refractivity contribution < 1.29 is 28.2 Å². The second kappa shape index (κ2) is 23.0. The van der Waals surface area contributed by atoms with Crippen molar-refractivity contribution in [3.05, 3.63) is 83.4 Å². The Balaban J connectivity index is 0.000000244. The van der Waals surface area contributed by atoms with Crippen molar-refractivity contribution in [2.75, 3.05) is 55.2 Å². The van der Waals surface area contributed by atoms with Crippen LogP contribution in [0.4, 0.5) is 5.69 Å². The molecular weight excluding hydrogens is 875 g/mol. The number of carboxylic acid groups (broad SMARTS) is 1. The number of benzene rings is 2. The minimum absolute atomic E-state index is 0.186. The van der Waals surface area contributed by atoms with Crippen LogP contribution in [0.25, 0.3) is 0 Å². The van der Waals surface area contributed by atoms with Crippen molar-refractivity contribution in [3.8, 4) is 5.75 Å². The fourth-order valence-electron chi connectivity index (χ4n) is 8.96. The number of hydrogen-bond acceptors (Lipinski definition) is 8. The van der Waals surface area contributed by atoms with Gasteiger partial charge in [0.25, 0.3) is 0 Å². The van der Waals surface area contributed by atoms with Gasteiger partial charge in [-0.05, 0) is 128 Å². The van der Waals surface area contributed by atoms with Crippen LogP contribution in [0.3, 0.4) is 0 Å². The molecule has 0 bridgehead atoms. The molecule has 3 aliphatic heterocycles. The van der Waals surface area contributed by atoms with Gasteiger partial charge in [0.15, 0.2) is 0 Å². The molecule has 2 saturated heterocycles. The molecule has 2 aliphatic carbocycles. The number of allylic oxidation sites excluding steroid dienone is 1. The van der Waals surface area contributed by atoms with Gasteiger partial charge >= 0.3 is 5.97 Å². The maximum atomic E-state index is 11.7. The van der Waals surface area contributed by atoms with Gasteiger partial charge in [-0.2, -0.15) is 0 Å². The minimum atomic E-state index is -3.33. The molecule has 3 fully saturated rings. The summed E-state index contributed by atoms with van der Waals surface area (Å²) in [7, 11) is -3.33. The summed E-state index contributed by atoms with van der Waals surface area (Å²) in [6.45, 7) is 18.3. The van der Waals surface area contributed by atoms with E-state index in [1.54, 1.807) is 30.4 Å². The lowest BCUT2D eigenvalue weighted by atomic mass is 9.68. The number of sulfonamides is 1. The number of carboxylic acids is 1. The second-order valence-corrected chi connectivity index (χ2v) is 19.8. The van der Waals surface area contributed by atoms with Gasteiger partial charge in [0, 0.05) is 49.2 Å². The maximum absolute atomic E-state index is 11.7. The number of piperidine rings is 1. The molecule has 10 nitrogen and oxygen atoms in total. The predicted octanol–water partition coefficient (Wildman–Crippen LogP) is 7.99. The number of nitrogens with two attached hydrogens (primary N) is 1. The predicted molar refractivity (Wildman–Crippen MR) is 243 cm³/mol. The van der Waals surface area contributed by atoms with Gasteiger partial charge < -0.3 is 25.2 Å². The second-order valence-electron chi connectivity index (χ2n) is 16.0. The fourth-order valence-corrected chi connectivity index (χ4v) is 10.1. The molecule has 0 radical (unpaired) electrons. The SMILES string of the molecule is C1CCN2CCNC[C@H]2C1.C=CCC[C@@H](CC)S(N)(=O)=O.C=C[C@H](O)[C@@H]1CC[C@H]1CN1C[C@@]2(CCCc3cc(Cl)ccc32)COc2ccc(C(=O)O)cc21.CCI. The van der Waals surface area contributed by atoms with E-state index in [9.17, 15) is 23.4 Å². The van der Waals surface area contributed by atoms with Gasteiger partial charge in [0.2, 0.25) is 10.0 Å². The number of fused-ring (bicyclic) bond motifs is 4. The normalized spacial score (nSPS) is 24.9. The molecule has 13 heteroatoms. The third-order valence-corrected chi connectivity index (χ3v) is 13.9. The maximum Gasteiger partial charge on any atom is 0.335 e. The van der Waals surface area contributed by atoms with E-state index in [1.807, 2.05) is 13.0 Å². The lowest BCUT2D eigenvalue weighted by Gasteiger charge is -2.45. The van der Waals surface area contributed by atoms with E-state index >= 15 is 0 Å². The highest BCUT2D eigenvalue weighted by Gasteiger charge is 2.44. The molecule has 0 unspecified atom stereocenters. The van der Waals surface area contributed by atoms with E-state index in [0.717, 1.165) is 67.7 Å². The molecule has 5 aliphatic rings. The van der Waals surface area contributed by atoms with Gasteiger partial charge in [0.05, 0.1) is 29.2 Å². The van der Waals surface area contributed by atoms with Crippen molar-refractivity contribution in [2.24, 2.45) is 17.0 Å². The highest BCUT2D eigenvalue weighted by atomic mass is 127. The van der Waals surface area contributed by atoms with Crippen LogP contribution in [0.1, 0.15) is 99.5 Å². The van der Waals surface area contributed by atoms with E-state index in [2.05, 4.69) is 69.9 Å². The number of piperazine rings is 1. The Bertz CT molecular complexity index is 1710. The lowest BCUT2D eigenvalue weighted by molar-refractivity contribution is 0.0460. The van der Waals surface area contributed by atoms with E-state index in [4.69, 9.17) is 21.5 Å². The number of halogens is 2. The highest BCUT2D eigenvalue weighted by molar-refractivity contribution is 14.1. The smallest absolute Gasteiger partial charge is 0.335 e. The summed E-state index contributed by atoms with van der Waals surface area (Å²) >= 11 is 8.60. The monoisotopic (exact) mass is 940 g/mol. The number of carbonyl (C=O) groups is 1. The van der Waals surface area contributed by atoms with E-state index in [1.165, 1.54) is 61.0 Å². The third-order valence-electron chi connectivity index (χ3n) is 12.2. The Labute approximate surface area is 360 Å². The summed E-state index contributed by atoms with van der Waals surface area (Å²) in [6.07, 6.45) is 14.1. The first-order chi connectivity index (χ1) is 27.3.